The molecule has 14 heavy (non-hydrogen) atoms. The summed E-state index contributed by atoms with van der Waals surface area (Å²) in [6.07, 6.45) is 4.99. The Kier molecular flexibility index (Phi) is 3.06. The average molecular weight is 258 g/mol. The van der Waals surface area contributed by atoms with E-state index in [9.17, 15) is 4.39 Å². The first-order valence-corrected chi connectivity index (χ1v) is 5.76. The van der Waals surface area contributed by atoms with Gasteiger partial charge in [-0.05, 0) is 47.0 Å². The predicted molar refractivity (Wildman–Crippen MR) is 60.0 cm³/mol. The van der Waals surface area contributed by atoms with Crippen LogP contribution in [0.15, 0.2) is 22.7 Å². The minimum absolute atomic E-state index is 0.201. The number of rotatable bonds is 2. The topological polar surface area (TPSA) is 12.0 Å². The highest BCUT2D eigenvalue weighted by atomic mass is 79.9. The highest BCUT2D eigenvalue weighted by molar-refractivity contribution is 9.10. The lowest BCUT2D eigenvalue weighted by molar-refractivity contribution is 0.621. The van der Waals surface area contributed by atoms with Crippen molar-refractivity contribution in [1.29, 1.82) is 0 Å². The first-order valence-electron chi connectivity index (χ1n) is 4.97. The van der Waals surface area contributed by atoms with E-state index in [1.165, 1.54) is 25.7 Å². The molecule has 0 aromatic heterocycles. The Morgan fingerprint density at radius 1 is 1.29 bits per heavy atom. The fourth-order valence-electron chi connectivity index (χ4n) is 1.89. The molecular weight excluding hydrogens is 245 g/mol. The van der Waals surface area contributed by atoms with Crippen LogP contribution in [0.5, 0.6) is 0 Å². The lowest BCUT2D eigenvalue weighted by Crippen LogP contribution is -2.14. The van der Waals surface area contributed by atoms with Crippen molar-refractivity contribution in [2.75, 3.05) is 5.32 Å². The summed E-state index contributed by atoms with van der Waals surface area (Å²) in [7, 11) is 0. The molecule has 2 rings (SSSR count). The van der Waals surface area contributed by atoms with Gasteiger partial charge in [-0.25, -0.2) is 4.39 Å². The van der Waals surface area contributed by atoms with E-state index in [1.54, 1.807) is 12.1 Å². The number of benzene rings is 1. The standard InChI is InChI=1S/C11H13BrFN/c12-10-6-5-9(7-11(10)13)14-8-3-1-2-4-8/h5-8,14H,1-4H2. The lowest BCUT2D eigenvalue weighted by atomic mass is 10.2. The highest BCUT2D eigenvalue weighted by Gasteiger charge is 2.14. The van der Waals surface area contributed by atoms with E-state index in [4.69, 9.17) is 0 Å². The number of hydrogen-bond donors (Lipinski definition) is 1. The summed E-state index contributed by atoms with van der Waals surface area (Å²) in [5.74, 6) is -0.201. The number of halogens is 2. The van der Waals surface area contributed by atoms with Gasteiger partial charge in [0.15, 0.2) is 0 Å². The van der Waals surface area contributed by atoms with Crippen LogP contribution in [0.25, 0.3) is 0 Å². The Morgan fingerprint density at radius 3 is 2.64 bits per heavy atom. The van der Waals surface area contributed by atoms with Crippen molar-refractivity contribution in [3.63, 3.8) is 0 Å². The van der Waals surface area contributed by atoms with Crippen LogP contribution in [0.1, 0.15) is 25.7 Å². The van der Waals surface area contributed by atoms with Crippen molar-refractivity contribution in [2.24, 2.45) is 0 Å². The van der Waals surface area contributed by atoms with Crippen molar-refractivity contribution in [3.8, 4) is 0 Å². The van der Waals surface area contributed by atoms with E-state index in [2.05, 4.69) is 21.2 Å². The van der Waals surface area contributed by atoms with Gasteiger partial charge in [-0.15, -0.1) is 0 Å². The molecule has 1 saturated carbocycles. The van der Waals surface area contributed by atoms with E-state index in [-0.39, 0.29) is 5.82 Å². The molecule has 0 radical (unpaired) electrons. The molecule has 0 spiro atoms. The molecule has 0 aliphatic heterocycles. The van der Waals surface area contributed by atoms with E-state index < -0.39 is 0 Å². The molecule has 0 heterocycles. The molecule has 0 atom stereocenters. The Bertz CT molecular complexity index is 321. The highest BCUT2D eigenvalue weighted by Crippen LogP contribution is 2.24. The normalized spacial score (nSPS) is 17.3. The second kappa shape index (κ2) is 4.30. The molecule has 1 aromatic rings. The predicted octanol–water partition coefficient (Wildman–Crippen LogP) is 3.94. The van der Waals surface area contributed by atoms with E-state index >= 15 is 0 Å². The van der Waals surface area contributed by atoms with Gasteiger partial charge in [-0.2, -0.15) is 0 Å². The summed E-state index contributed by atoms with van der Waals surface area (Å²) in [5, 5.41) is 3.35. The van der Waals surface area contributed by atoms with Gasteiger partial charge < -0.3 is 5.32 Å². The lowest BCUT2D eigenvalue weighted by Gasteiger charge is -2.13. The van der Waals surface area contributed by atoms with Gasteiger partial charge in [-0.1, -0.05) is 12.8 Å². The molecule has 0 amide bonds. The SMILES string of the molecule is Fc1cc(NC2CCCC2)ccc1Br. The summed E-state index contributed by atoms with van der Waals surface area (Å²) in [5.41, 5.74) is 0.887. The third-order valence-electron chi connectivity index (χ3n) is 2.65. The largest absolute Gasteiger partial charge is 0.382 e. The van der Waals surface area contributed by atoms with Gasteiger partial charge in [0.1, 0.15) is 5.82 Å². The van der Waals surface area contributed by atoms with E-state index in [1.807, 2.05) is 6.07 Å². The van der Waals surface area contributed by atoms with Crippen LogP contribution in [-0.2, 0) is 0 Å². The molecule has 76 valence electrons. The molecule has 1 aliphatic carbocycles. The maximum atomic E-state index is 13.2. The van der Waals surface area contributed by atoms with Crippen LogP contribution in [0.3, 0.4) is 0 Å². The van der Waals surface area contributed by atoms with Crippen LogP contribution in [0.4, 0.5) is 10.1 Å². The maximum Gasteiger partial charge on any atom is 0.139 e. The van der Waals surface area contributed by atoms with Crippen LogP contribution in [-0.4, -0.2) is 6.04 Å². The third kappa shape index (κ3) is 2.27. The average Bonchev–Trinajstić information content (AvgIpc) is 2.64. The van der Waals surface area contributed by atoms with Crippen LogP contribution < -0.4 is 5.32 Å². The van der Waals surface area contributed by atoms with Gasteiger partial charge in [0.05, 0.1) is 4.47 Å². The Balaban J connectivity index is 2.05. The molecule has 0 bridgehead atoms. The zero-order valence-electron chi connectivity index (χ0n) is 7.89. The molecule has 1 N–H and O–H groups in total. The molecule has 1 aliphatic rings. The number of nitrogens with one attached hydrogen (secondary N) is 1. The fraction of sp³-hybridized carbons (Fsp3) is 0.455. The monoisotopic (exact) mass is 257 g/mol. The smallest absolute Gasteiger partial charge is 0.139 e. The van der Waals surface area contributed by atoms with Crippen molar-refractivity contribution in [2.45, 2.75) is 31.7 Å². The third-order valence-corrected chi connectivity index (χ3v) is 3.29. The van der Waals surface area contributed by atoms with Gasteiger partial charge in [0.25, 0.3) is 0 Å². The minimum Gasteiger partial charge on any atom is -0.382 e. The number of hydrogen-bond acceptors (Lipinski definition) is 1. The van der Waals surface area contributed by atoms with Crippen molar-refractivity contribution in [3.05, 3.63) is 28.5 Å². The van der Waals surface area contributed by atoms with Crippen LogP contribution in [0, 0.1) is 5.82 Å². The first kappa shape index (κ1) is 9.97. The second-order valence-corrected chi connectivity index (χ2v) is 4.61. The summed E-state index contributed by atoms with van der Waals surface area (Å²) < 4.78 is 13.7. The molecule has 3 heteroatoms. The van der Waals surface area contributed by atoms with Crippen molar-refractivity contribution >= 4 is 21.6 Å². The fourth-order valence-corrected chi connectivity index (χ4v) is 2.14. The van der Waals surface area contributed by atoms with Crippen LogP contribution in [0.2, 0.25) is 0 Å². The maximum absolute atomic E-state index is 13.2. The Morgan fingerprint density at radius 2 is 2.00 bits per heavy atom. The summed E-state index contributed by atoms with van der Waals surface area (Å²) >= 11 is 3.14. The van der Waals surface area contributed by atoms with Gasteiger partial charge >= 0.3 is 0 Å². The molecular formula is C11H13BrFN. The number of anilines is 1. The van der Waals surface area contributed by atoms with Crippen LogP contribution >= 0.6 is 15.9 Å². The summed E-state index contributed by atoms with van der Waals surface area (Å²) in [6.45, 7) is 0. The summed E-state index contributed by atoms with van der Waals surface area (Å²) in [4.78, 5) is 0. The zero-order valence-corrected chi connectivity index (χ0v) is 9.48. The molecule has 0 unspecified atom stereocenters. The minimum atomic E-state index is -0.201. The van der Waals surface area contributed by atoms with Gasteiger partial charge in [-0.3, -0.25) is 0 Å². The van der Waals surface area contributed by atoms with Crippen molar-refractivity contribution < 1.29 is 4.39 Å². The molecule has 1 aromatic carbocycles. The molecule has 1 nitrogen and oxygen atoms in total. The van der Waals surface area contributed by atoms with Gasteiger partial charge in [0, 0.05) is 11.7 Å². The second-order valence-electron chi connectivity index (χ2n) is 3.75. The molecule has 1 fully saturated rings. The van der Waals surface area contributed by atoms with E-state index in [0.717, 1.165) is 5.69 Å². The van der Waals surface area contributed by atoms with E-state index in [0.29, 0.717) is 10.5 Å². The Hall–Kier alpha value is -0.570. The Labute approximate surface area is 91.8 Å². The van der Waals surface area contributed by atoms with Crippen molar-refractivity contribution in [1.82, 2.24) is 0 Å². The zero-order chi connectivity index (χ0) is 9.97. The van der Waals surface area contributed by atoms with Gasteiger partial charge in [0.2, 0.25) is 0 Å². The summed E-state index contributed by atoms with van der Waals surface area (Å²) in [6, 6.07) is 5.73. The quantitative estimate of drug-likeness (QED) is 0.847. The first-order chi connectivity index (χ1) is 6.75. The molecule has 0 saturated heterocycles.